The van der Waals surface area contributed by atoms with Crippen LogP contribution in [0.2, 0.25) is 5.02 Å². The molecule has 1 aromatic rings. The number of ether oxygens (including phenoxy) is 1. The molecule has 5 nitrogen and oxygen atoms in total. The molecule has 116 valence electrons. The van der Waals surface area contributed by atoms with Crippen LogP contribution in [0, 0.1) is 5.92 Å². The maximum absolute atomic E-state index is 11.6. The Morgan fingerprint density at radius 1 is 1.43 bits per heavy atom. The molecule has 6 heteroatoms. The first-order valence-electron chi connectivity index (χ1n) is 6.88. The predicted molar refractivity (Wildman–Crippen MR) is 80.6 cm³/mol. The third kappa shape index (κ3) is 7.56. The van der Waals surface area contributed by atoms with Gasteiger partial charge in [-0.15, -0.1) is 0 Å². The molecule has 0 heterocycles. The molecular weight excluding hydrogens is 294 g/mol. The summed E-state index contributed by atoms with van der Waals surface area (Å²) in [4.78, 5) is 22.3. The van der Waals surface area contributed by atoms with Crippen LogP contribution in [0.5, 0.6) is 5.75 Å². The van der Waals surface area contributed by atoms with Crippen LogP contribution in [0.1, 0.15) is 26.2 Å². The Morgan fingerprint density at radius 3 is 2.81 bits per heavy atom. The van der Waals surface area contributed by atoms with Gasteiger partial charge in [0, 0.05) is 18.0 Å². The van der Waals surface area contributed by atoms with E-state index in [2.05, 4.69) is 5.32 Å². The third-order valence-electron chi connectivity index (χ3n) is 3.02. The Hall–Kier alpha value is -1.75. The number of hydrogen-bond donors (Lipinski definition) is 2. The number of hydrogen-bond acceptors (Lipinski definition) is 3. The Balaban J connectivity index is 2.23. The molecule has 0 aliphatic rings. The summed E-state index contributed by atoms with van der Waals surface area (Å²) >= 11 is 5.82. The van der Waals surface area contributed by atoms with Crippen LogP contribution in [0.25, 0.3) is 0 Å². The van der Waals surface area contributed by atoms with Gasteiger partial charge < -0.3 is 15.2 Å². The van der Waals surface area contributed by atoms with Crippen molar-refractivity contribution in [3.8, 4) is 5.75 Å². The van der Waals surface area contributed by atoms with Gasteiger partial charge >= 0.3 is 5.97 Å². The Labute approximate surface area is 129 Å². The zero-order chi connectivity index (χ0) is 15.7. The van der Waals surface area contributed by atoms with E-state index >= 15 is 0 Å². The Kier molecular flexibility index (Phi) is 7.61. The van der Waals surface area contributed by atoms with Crippen molar-refractivity contribution in [3.05, 3.63) is 29.3 Å². The lowest BCUT2D eigenvalue weighted by Gasteiger charge is -2.13. The zero-order valence-electron chi connectivity index (χ0n) is 12.0. The van der Waals surface area contributed by atoms with Gasteiger partial charge in [0.15, 0.2) is 0 Å². The topological polar surface area (TPSA) is 75.6 Å². The first-order valence-corrected chi connectivity index (χ1v) is 7.26. The van der Waals surface area contributed by atoms with E-state index in [4.69, 9.17) is 21.4 Å². The predicted octanol–water partition coefficient (Wildman–Crippen LogP) is 2.73. The van der Waals surface area contributed by atoms with Crippen molar-refractivity contribution in [1.29, 1.82) is 0 Å². The number of aliphatic carboxylic acids is 1. The van der Waals surface area contributed by atoms with E-state index in [0.717, 1.165) is 0 Å². The van der Waals surface area contributed by atoms with Crippen LogP contribution >= 0.6 is 11.6 Å². The summed E-state index contributed by atoms with van der Waals surface area (Å²) in [7, 11) is 0. The van der Waals surface area contributed by atoms with E-state index in [9.17, 15) is 9.59 Å². The van der Waals surface area contributed by atoms with Crippen molar-refractivity contribution in [1.82, 2.24) is 5.32 Å². The molecule has 1 atom stereocenters. The van der Waals surface area contributed by atoms with E-state index in [1.807, 2.05) is 6.92 Å². The maximum Gasteiger partial charge on any atom is 0.303 e. The number of carbonyl (C=O) groups excluding carboxylic acids is 1. The van der Waals surface area contributed by atoms with Gasteiger partial charge in [0.25, 0.3) is 0 Å². The van der Waals surface area contributed by atoms with E-state index in [1.165, 1.54) is 0 Å². The molecule has 0 aliphatic heterocycles. The fourth-order valence-electron chi connectivity index (χ4n) is 1.77. The van der Waals surface area contributed by atoms with E-state index in [-0.39, 0.29) is 31.3 Å². The average Bonchev–Trinajstić information content (AvgIpc) is 2.43. The molecule has 2 N–H and O–H groups in total. The summed E-state index contributed by atoms with van der Waals surface area (Å²) in [5.74, 6) is -0.422. The average molecular weight is 314 g/mol. The van der Waals surface area contributed by atoms with Crippen LogP contribution < -0.4 is 10.1 Å². The summed E-state index contributed by atoms with van der Waals surface area (Å²) in [5.41, 5.74) is 0. The van der Waals surface area contributed by atoms with Gasteiger partial charge in [0.2, 0.25) is 5.91 Å². The molecular formula is C15H20ClNO4. The number of amides is 1. The number of halogens is 1. The Morgan fingerprint density at radius 2 is 2.19 bits per heavy atom. The standard InChI is InChI=1S/C15H20ClNO4/c1-2-11(8-15(19)20)10-17-14(18)6-7-21-13-5-3-4-12(16)9-13/h3-5,9,11H,2,6-8,10H2,1H3,(H,17,18)(H,19,20). The fourth-order valence-corrected chi connectivity index (χ4v) is 1.95. The molecule has 0 saturated carbocycles. The van der Waals surface area contributed by atoms with Gasteiger partial charge in [0.1, 0.15) is 5.75 Å². The van der Waals surface area contributed by atoms with Crippen molar-refractivity contribution in [2.24, 2.45) is 5.92 Å². The minimum atomic E-state index is -0.847. The minimum Gasteiger partial charge on any atom is -0.493 e. The third-order valence-corrected chi connectivity index (χ3v) is 3.26. The van der Waals surface area contributed by atoms with Crippen molar-refractivity contribution >= 4 is 23.5 Å². The second-order valence-electron chi connectivity index (χ2n) is 4.73. The van der Waals surface area contributed by atoms with Gasteiger partial charge in [0.05, 0.1) is 13.0 Å². The number of benzene rings is 1. The number of nitrogens with one attached hydrogen (secondary N) is 1. The first-order chi connectivity index (χ1) is 10.0. The van der Waals surface area contributed by atoms with E-state index < -0.39 is 5.97 Å². The number of carboxylic acids is 1. The number of carbonyl (C=O) groups is 2. The number of rotatable bonds is 9. The molecule has 1 rings (SSSR count). The highest BCUT2D eigenvalue weighted by atomic mass is 35.5. The van der Waals surface area contributed by atoms with Crippen molar-refractivity contribution in [3.63, 3.8) is 0 Å². The number of carboxylic acid groups (broad SMARTS) is 1. The van der Waals surface area contributed by atoms with Crippen LogP contribution in [0.15, 0.2) is 24.3 Å². The minimum absolute atomic E-state index is 0.0414. The largest absolute Gasteiger partial charge is 0.493 e. The van der Waals surface area contributed by atoms with Gasteiger partial charge in [-0.05, 0) is 24.1 Å². The summed E-state index contributed by atoms with van der Waals surface area (Å²) in [6.45, 7) is 2.53. The molecule has 0 fully saturated rings. The van der Waals surface area contributed by atoms with Crippen LogP contribution in [0.3, 0.4) is 0 Å². The second-order valence-corrected chi connectivity index (χ2v) is 5.17. The van der Waals surface area contributed by atoms with Gasteiger partial charge in [-0.2, -0.15) is 0 Å². The molecule has 1 amide bonds. The molecule has 0 saturated heterocycles. The quantitative estimate of drug-likeness (QED) is 0.735. The van der Waals surface area contributed by atoms with E-state index in [0.29, 0.717) is 23.7 Å². The smallest absolute Gasteiger partial charge is 0.303 e. The summed E-state index contributed by atoms with van der Waals surface area (Å²) in [6.07, 6.45) is 0.997. The van der Waals surface area contributed by atoms with Crippen LogP contribution in [-0.4, -0.2) is 30.1 Å². The molecule has 0 spiro atoms. The van der Waals surface area contributed by atoms with Crippen molar-refractivity contribution < 1.29 is 19.4 Å². The first kappa shape index (κ1) is 17.3. The molecule has 0 radical (unpaired) electrons. The molecule has 1 aromatic carbocycles. The summed E-state index contributed by atoms with van der Waals surface area (Å²) in [5, 5.41) is 12.0. The molecule has 0 aromatic heterocycles. The fraction of sp³-hybridized carbons (Fsp3) is 0.467. The van der Waals surface area contributed by atoms with Gasteiger partial charge in [-0.1, -0.05) is 31.0 Å². The summed E-state index contributed by atoms with van der Waals surface area (Å²) < 4.78 is 5.42. The maximum atomic E-state index is 11.6. The van der Waals surface area contributed by atoms with Gasteiger partial charge in [-0.3, -0.25) is 9.59 Å². The lowest BCUT2D eigenvalue weighted by molar-refractivity contribution is -0.138. The lowest BCUT2D eigenvalue weighted by atomic mass is 10.0. The normalized spacial score (nSPS) is 11.7. The van der Waals surface area contributed by atoms with Crippen molar-refractivity contribution in [2.75, 3.05) is 13.2 Å². The molecule has 0 aliphatic carbocycles. The summed E-state index contributed by atoms with van der Waals surface area (Å²) in [6, 6.07) is 6.97. The highest BCUT2D eigenvalue weighted by Gasteiger charge is 2.12. The van der Waals surface area contributed by atoms with Crippen molar-refractivity contribution in [2.45, 2.75) is 26.2 Å². The van der Waals surface area contributed by atoms with Crippen LogP contribution in [-0.2, 0) is 9.59 Å². The van der Waals surface area contributed by atoms with Crippen LogP contribution in [0.4, 0.5) is 0 Å². The highest BCUT2D eigenvalue weighted by molar-refractivity contribution is 6.30. The molecule has 1 unspecified atom stereocenters. The van der Waals surface area contributed by atoms with E-state index in [1.54, 1.807) is 24.3 Å². The second kappa shape index (κ2) is 9.23. The monoisotopic (exact) mass is 313 g/mol. The lowest BCUT2D eigenvalue weighted by Crippen LogP contribution is -2.31. The SMILES string of the molecule is CCC(CNC(=O)CCOc1cccc(Cl)c1)CC(=O)O. The molecule has 0 bridgehead atoms. The Bertz CT molecular complexity index is 478. The highest BCUT2D eigenvalue weighted by Crippen LogP contribution is 2.17. The van der Waals surface area contributed by atoms with Gasteiger partial charge in [-0.25, -0.2) is 0 Å². The zero-order valence-corrected chi connectivity index (χ0v) is 12.7. The molecule has 21 heavy (non-hydrogen) atoms.